The molecular formula is C14H11BrN2O3. The highest BCUT2D eigenvalue weighted by molar-refractivity contribution is 9.10. The van der Waals surface area contributed by atoms with Crippen LogP contribution in [-0.4, -0.2) is 18.5 Å². The van der Waals surface area contributed by atoms with Crippen LogP contribution in [0.4, 0.5) is 11.4 Å². The first-order chi connectivity index (χ1) is 9.63. The molecule has 0 aromatic heterocycles. The van der Waals surface area contributed by atoms with E-state index < -0.39 is 0 Å². The van der Waals surface area contributed by atoms with Crippen LogP contribution in [0, 0.1) is 0 Å². The number of benzene rings is 2. The van der Waals surface area contributed by atoms with Crippen LogP contribution in [0.5, 0.6) is 11.5 Å². The molecule has 0 fully saturated rings. The Bertz CT molecular complexity index is 654. The van der Waals surface area contributed by atoms with E-state index in [2.05, 4.69) is 26.2 Å². The minimum atomic E-state index is -0.153. The molecule has 1 N–H and O–H groups in total. The van der Waals surface area contributed by atoms with Crippen LogP contribution in [0.1, 0.15) is 10.4 Å². The van der Waals surface area contributed by atoms with E-state index in [-0.39, 0.29) is 11.3 Å². The monoisotopic (exact) mass is 334 g/mol. The average Bonchev–Trinajstić information content (AvgIpc) is 2.47. The first-order valence-electron chi connectivity index (χ1n) is 5.67. The number of carbonyl (C=O) groups is 1. The summed E-state index contributed by atoms with van der Waals surface area (Å²) in [5.41, 5.74) is 1.17. The normalized spacial score (nSPS) is 10.7. The molecule has 2 rings (SSSR count). The summed E-state index contributed by atoms with van der Waals surface area (Å²) < 4.78 is 6.04. The van der Waals surface area contributed by atoms with Crippen LogP contribution >= 0.6 is 15.9 Å². The molecule has 102 valence electrons. The molecule has 0 atom stereocenters. The molecule has 0 spiro atoms. The summed E-state index contributed by atoms with van der Waals surface area (Å²) in [6.07, 6.45) is 0.549. The van der Waals surface area contributed by atoms with Gasteiger partial charge in [0.2, 0.25) is 0 Å². The summed E-state index contributed by atoms with van der Waals surface area (Å²) in [6.45, 7) is 0. The topological polar surface area (TPSA) is 71.2 Å². The van der Waals surface area contributed by atoms with Crippen LogP contribution in [0.2, 0.25) is 0 Å². The van der Waals surface area contributed by atoms with E-state index >= 15 is 0 Å². The number of aldehydes is 1. The highest BCUT2D eigenvalue weighted by Gasteiger charge is 2.09. The van der Waals surface area contributed by atoms with Crippen LogP contribution in [0.3, 0.4) is 0 Å². The molecule has 0 saturated carbocycles. The summed E-state index contributed by atoms with van der Waals surface area (Å²) in [7, 11) is 1.45. The Balaban J connectivity index is 2.36. The van der Waals surface area contributed by atoms with Crippen molar-refractivity contribution in [3.63, 3.8) is 0 Å². The number of hydrogen-bond donors (Lipinski definition) is 1. The van der Waals surface area contributed by atoms with Crippen molar-refractivity contribution < 1.29 is 14.6 Å². The molecular weight excluding hydrogens is 324 g/mol. The van der Waals surface area contributed by atoms with Gasteiger partial charge < -0.3 is 9.84 Å². The predicted octanol–water partition coefficient (Wildman–Crippen LogP) is 4.39. The Morgan fingerprint density at radius 1 is 1.20 bits per heavy atom. The SMILES string of the molecule is COc1cc(O)c(C=O)cc1/N=N/c1ccc(Br)cc1. The summed E-state index contributed by atoms with van der Waals surface area (Å²) in [5, 5.41) is 17.7. The largest absolute Gasteiger partial charge is 0.507 e. The summed E-state index contributed by atoms with van der Waals surface area (Å²) in [5.74, 6) is 0.188. The number of methoxy groups -OCH3 is 1. The van der Waals surface area contributed by atoms with Gasteiger partial charge in [-0.3, -0.25) is 4.79 Å². The predicted molar refractivity (Wildman–Crippen MR) is 78.4 cm³/mol. The van der Waals surface area contributed by atoms with Crippen LogP contribution in [-0.2, 0) is 0 Å². The lowest BCUT2D eigenvalue weighted by Crippen LogP contribution is -1.87. The average molecular weight is 335 g/mol. The van der Waals surface area contributed by atoms with E-state index in [0.29, 0.717) is 23.4 Å². The van der Waals surface area contributed by atoms with E-state index in [1.807, 2.05) is 12.1 Å². The standard InChI is InChI=1S/C14H11BrN2O3/c1-20-14-7-13(19)9(8-18)6-12(14)17-16-11-4-2-10(15)3-5-11/h2-8,19H,1H3/b17-16+. The molecule has 5 nitrogen and oxygen atoms in total. The van der Waals surface area contributed by atoms with E-state index in [4.69, 9.17) is 4.74 Å². The van der Waals surface area contributed by atoms with Crippen LogP contribution in [0.25, 0.3) is 0 Å². The maximum absolute atomic E-state index is 10.8. The van der Waals surface area contributed by atoms with Gasteiger partial charge in [-0.15, -0.1) is 5.11 Å². The fourth-order valence-electron chi connectivity index (χ4n) is 1.53. The minimum absolute atomic E-state index is 0.135. The smallest absolute Gasteiger partial charge is 0.153 e. The third-order valence-corrected chi connectivity index (χ3v) is 3.08. The number of azo groups is 1. The molecule has 0 aliphatic heterocycles. The summed E-state index contributed by atoms with van der Waals surface area (Å²) >= 11 is 3.33. The van der Waals surface area contributed by atoms with Crippen molar-refractivity contribution in [1.82, 2.24) is 0 Å². The third-order valence-electron chi connectivity index (χ3n) is 2.55. The maximum Gasteiger partial charge on any atom is 0.153 e. The van der Waals surface area contributed by atoms with E-state index in [1.165, 1.54) is 19.2 Å². The zero-order valence-electron chi connectivity index (χ0n) is 10.6. The van der Waals surface area contributed by atoms with Gasteiger partial charge in [-0.1, -0.05) is 15.9 Å². The number of ether oxygens (including phenoxy) is 1. The van der Waals surface area contributed by atoms with E-state index in [9.17, 15) is 9.90 Å². The van der Waals surface area contributed by atoms with Crippen molar-refractivity contribution in [1.29, 1.82) is 0 Å². The Labute approximate surface area is 124 Å². The second-order valence-electron chi connectivity index (χ2n) is 3.88. The zero-order chi connectivity index (χ0) is 14.5. The fraction of sp³-hybridized carbons (Fsp3) is 0.0714. The van der Waals surface area contributed by atoms with Gasteiger partial charge in [0, 0.05) is 10.5 Å². The van der Waals surface area contributed by atoms with Gasteiger partial charge in [0.15, 0.2) is 6.29 Å². The number of phenols is 1. The van der Waals surface area contributed by atoms with Gasteiger partial charge in [-0.05, 0) is 30.3 Å². The number of nitrogens with zero attached hydrogens (tertiary/aromatic N) is 2. The summed E-state index contributed by atoms with van der Waals surface area (Å²) in [6, 6.07) is 10.0. The Kier molecular flexibility index (Phi) is 4.47. The second-order valence-corrected chi connectivity index (χ2v) is 4.79. The van der Waals surface area contributed by atoms with Crippen LogP contribution < -0.4 is 4.74 Å². The number of phenolic OH excluding ortho intramolecular Hbond substituents is 1. The van der Waals surface area contributed by atoms with Gasteiger partial charge >= 0.3 is 0 Å². The quantitative estimate of drug-likeness (QED) is 0.665. The molecule has 6 heteroatoms. The van der Waals surface area contributed by atoms with Gasteiger partial charge in [0.25, 0.3) is 0 Å². The second kappa shape index (κ2) is 6.29. The lowest BCUT2D eigenvalue weighted by atomic mass is 10.2. The lowest BCUT2D eigenvalue weighted by Gasteiger charge is -2.05. The zero-order valence-corrected chi connectivity index (χ0v) is 12.2. The molecule has 2 aromatic carbocycles. The van der Waals surface area contributed by atoms with Crippen molar-refractivity contribution in [3.05, 3.63) is 46.4 Å². The number of rotatable bonds is 4. The maximum atomic E-state index is 10.8. The molecule has 2 aromatic rings. The molecule has 0 amide bonds. The van der Waals surface area contributed by atoms with Crippen LogP contribution in [0.15, 0.2) is 51.1 Å². The van der Waals surface area contributed by atoms with E-state index in [0.717, 1.165) is 4.47 Å². The Morgan fingerprint density at radius 3 is 2.50 bits per heavy atom. The van der Waals surface area contributed by atoms with Crippen molar-refractivity contribution in [2.45, 2.75) is 0 Å². The number of aromatic hydroxyl groups is 1. The molecule has 0 saturated heterocycles. The van der Waals surface area contributed by atoms with Gasteiger partial charge in [-0.2, -0.15) is 5.11 Å². The van der Waals surface area contributed by atoms with Gasteiger partial charge in [-0.25, -0.2) is 0 Å². The highest BCUT2D eigenvalue weighted by Crippen LogP contribution is 2.34. The fourth-order valence-corrected chi connectivity index (χ4v) is 1.79. The van der Waals surface area contributed by atoms with Crippen molar-refractivity contribution >= 4 is 33.6 Å². The summed E-state index contributed by atoms with van der Waals surface area (Å²) in [4.78, 5) is 10.8. The molecule has 0 heterocycles. The van der Waals surface area contributed by atoms with Gasteiger partial charge in [0.05, 0.1) is 18.4 Å². The van der Waals surface area contributed by atoms with E-state index in [1.54, 1.807) is 12.1 Å². The first-order valence-corrected chi connectivity index (χ1v) is 6.47. The molecule has 0 aliphatic carbocycles. The lowest BCUT2D eigenvalue weighted by molar-refractivity contribution is 0.112. The first kappa shape index (κ1) is 14.2. The van der Waals surface area contributed by atoms with Crippen molar-refractivity contribution in [3.8, 4) is 11.5 Å². The molecule has 0 bridgehead atoms. The highest BCUT2D eigenvalue weighted by atomic mass is 79.9. The molecule has 20 heavy (non-hydrogen) atoms. The molecule has 0 radical (unpaired) electrons. The number of carbonyl (C=O) groups excluding carboxylic acids is 1. The van der Waals surface area contributed by atoms with Crippen molar-refractivity contribution in [2.75, 3.05) is 7.11 Å². The third kappa shape index (κ3) is 3.21. The minimum Gasteiger partial charge on any atom is -0.507 e. The van der Waals surface area contributed by atoms with Gasteiger partial charge in [0.1, 0.15) is 17.2 Å². The number of halogens is 1. The number of hydrogen-bond acceptors (Lipinski definition) is 5. The Morgan fingerprint density at radius 2 is 1.90 bits per heavy atom. The molecule has 0 unspecified atom stereocenters. The van der Waals surface area contributed by atoms with Crippen molar-refractivity contribution in [2.24, 2.45) is 10.2 Å². The molecule has 0 aliphatic rings. The Hall–Kier alpha value is -2.21.